The summed E-state index contributed by atoms with van der Waals surface area (Å²) in [5.74, 6) is 0.653. The third-order valence-corrected chi connectivity index (χ3v) is 9.79. The molecule has 0 N–H and O–H groups in total. The monoisotopic (exact) mass is 790 g/mol. The Morgan fingerprint density at radius 3 is 2.29 bits per heavy atom. The molecule has 1 radical (unpaired) electrons. The van der Waals surface area contributed by atoms with Crippen molar-refractivity contribution < 1.29 is 24.5 Å². The number of nitrogens with zero attached hydrogens (tertiary/aromatic N) is 3. The molecule has 45 heavy (non-hydrogen) atoms. The molecule has 0 spiro atoms. The summed E-state index contributed by atoms with van der Waals surface area (Å²) in [6.45, 7) is 20.5. The molecule has 4 aromatic heterocycles. The van der Waals surface area contributed by atoms with Crippen LogP contribution < -0.4 is 5.19 Å². The first-order chi connectivity index (χ1) is 20.8. The second kappa shape index (κ2) is 13.9. The van der Waals surface area contributed by atoms with E-state index in [0.717, 1.165) is 51.0 Å². The maximum absolute atomic E-state index is 5.94. The molecule has 6 rings (SSSR count). The van der Waals surface area contributed by atoms with E-state index in [1.54, 1.807) is 6.20 Å². The average Bonchev–Trinajstić information content (AvgIpc) is 3.34. The van der Waals surface area contributed by atoms with Gasteiger partial charge in [-0.1, -0.05) is 89.0 Å². The van der Waals surface area contributed by atoms with Crippen molar-refractivity contribution in [3.8, 4) is 22.5 Å². The zero-order valence-electron chi connectivity index (χ0n) is 27.9. The number of aromatic nitrogens is 3. The second-order valence-corrected chi connectivity index (χ2v) is 19.1. The topological polar surface area (TPSA) is 51.8 Å². The minimum absolute atomic E-state index is 0. The van der Waals surface area contributed by atoms with Gasteiger partial charge in [-0.15, -0.1) is 53.6 Å². The Kier molecular flexibility index (Phi) is 10.6. The maximum Gasteiger partial charge on any atom is 0.216 e. The number of rotatable bonds is 5. The van der Waals surface area contributed by atoms with Gasteiger partial charge in [0.2, 0.25) is 5.71 Å². The number of fused-ring (bicyclic) bond motifs is 3. The van der Waals surface area contributed by atoms with Crippen LogP contribution in [0, 0.1) is 25.0 Å². The van der Waals surface area contributed by atoms with Gasteiger partial charge in [0.25, 0.3) is 0 Å². The van der Waals surface area contributed by atoms with E-state index in [9.17, 15) is 0 Å². The van der Waals surface area contributed by atoms with Crippen LogP contribution in [0.15, 0.2) is 83.5 Å². The van der Waals surface area contributed by atoms with E-state index in [4.69, 9.17) is 9.40 Å². The molecule has 0 saturated heterocycles. The first-order valence-corrected chi connectivity index (χ1v) is 18.9. The van der Waals surface area contributed by atoms with E-state index in [0.29, 0.717) is 11.6 Å². The van der Waals surface area contributed by atoms with Gasteiger partial charge in [0.05, 0.1) is 13.7 Å². The van der Waals surface area contributed by atoms with Crippen LogP contribution in [-0.4, -0.2) is 23.0 Å². The van der Waals surface area contributed by atoms with Gasteiger partial charge in [0, 0.05) is 43.6 Å². The van der Waals surface area contributed by atoms with Gasteiger partial charge in [-0.25, -0.2) is 4.98 Å². The molecule has 0 saturated carbocycles. The fourth-order valence-corrected chi connectivity index (χ4v) is 7.01. The van der Waals surface area contributed by atoms with E-state index >= 15 is 0 Å². The molecule has 0 bridgehead atoms. The Bertz CT molecular complexity index is 1900. The smallest absolute Gasteiger partial charge is 0.216 e. The number of pyridine rings is 3. The molecule has 0 fully saturated rings. The van der Waals surface area contributed by atoms with Crippen molar-refractivity contribution in [1.82, 2.24) is 15.0 Å². The third-order valence-electron chi connectivity index (χ3n) is 7.73. The first kappa shape index (κ1) is 34.4. The minimum atomic E-state index is -1.38. The fraction of sp³-hybridized carbons (Fsp3) is 0.308. The summed E-state index contributed by atoms with van der Waals surface area (Å²) in [5.41, 5.74) is 9.24. The maximum atomic E-state index is 5.94. The summed E-state index contributed by atoms with van der Waals surface area (Å²) in [7, 11) is -1.38. The van der Waals surface area contributed by atoms with Crippen molar-refractivity contribution in [1.29, 1.82) is 0 Å². The van der Waals surface area contributed by atoms with Gasteiger partial charge in [-0.2, -0.15) is 0 Å². The van der Waals surface area contributed by atoms with Crippen LogP contribution in [0.2, 0.25) is 19.6 Å². The fourth-order valence-electron chi connectivity index (χ4n) is 5.42. The van der Waals surface area contributed by atoms with E-state index < -0.39 is 8.07 Å². The van der Waals surface area contributed by atoms with Crippen LogP contribution in [0.1, 0.15) is 51.4 Å². The Morgan fingerprint density at radius 2 is 1.62 bits per heavy atom. The predicted molar refractivity (Wildman–Crippen MR) is 187 cm³/mol. The molecule has 4 nitrogen and oxygen atoms in total. The Morgan fingerprint density at radius 1 is 0.867 bits per heavy atom. The van der Waals surface area contributed by atoms with Crippen LogP contribution in [0.4, 0.5) is 0 Å². The Balaban J connectivity index is 0.000000203. The molecule has 0 aliphatic carbocycles. The molecule has 0 amide bonds. The van der Waals surface area contributed by atoms with Crippen molar-refractivity contribution in [2.75, 3.05) is 0 Å². The third kappa shape index (κ3) is 8.05. The number of benzene rings is 2. The largest absolute Gasteiger partial charge is 0.486 e. The van der Waals surface area contributed by atoms with Gasteiger partial charge in [0.15, 0.2) is 0 Å². The van der Waals surface area contributed by atoms with Crippen LogP contribution in [0.3, 0.4) is 0 Å². The van der Waals surface area contributed by atoms with Crippen molar-refractivity contribution in [3.05, 3.63) is 108 Å². The zero-order valence-corrected chi connectivity index (χ0v) is 31.3. The summed E-state index contributed by atoms with van der Waals surface area (Å²) < 4.78 is 5.94. The number of hydrogen-bond acceptors (Lipinski definition) is 4. The summed E-state index contributed by atoms with van der Waals surface area (Å²) >= 11 is 0. The summed E-state index contributed by atoms with van der Waals surface area (Å²) in [6, 6.07) is 29.1. The predicted octanol–water partition coefficient (Wildman–Crippen LogP) is 9.74. The second-order valence-electron chi connectivity index (χ2n) is 14.0. The van der Waals surface area contributed by atoms with Crippen molar-refractivity contribution in [2.24, 2.45) is 5.92 Å². The van der Waals surface area contributed by atoms with Gasteiger partial charge >= 0.3 is 0 Å². The Hall–Kier alpha value is -3.44. The van der Waals surface area contributed by atoms with Gasteiger partial charge in [-0.05, 0) is 59.5 Å². The standard InChI is InChI=1S/C22H32NSi.C17H11N2O.Ir/c1-16(2)12-18-14-20(23-15-21(18)24(6,7)8)17-10-9-11-19(13-17)22(3,4)5;1-11-8-9-13-12-5-4-6-14(15-7-2-3-10-18-15)16(12)20-17(13)19-11;/h9,11,13-16H,12H2,1-8H3;2-5,7-10H,1H3;/q2*-1;. The molecule has 235 valence electrons. The van der Waals surface area contributed by atoms with Crippen molar-refractivity contribution in [3.63, 3.8) is 0 Å². The molecule has 6 aromatic rings. The molecule has 4 heterocycles. The molecule has 0 unspecified atom stereocenters. The van der Waals surface area contributed by atoms with E-state index in [1.807, 2.05) is 55.5 Å². The molecular weight excluding hydrogens is 747 g/mol. The summed E-state index contributed by atoms with van der Waals surface area (Å²) in [5, 5.41) is 3.57. The molecule has 0 aliphatic heterocycles. The van der Waals surface area contributed by atoms with Crippen LogP contribution in [0.25, 0.3) is 44.6 Å². The molecule has 0 aliphatic rings. The van der Waals surface area contributed by atoms with Crippen molar-refractivity contribution >= 4 is 35.3 Å². The molecular formula is C39H43IrN3OSi-2. The van der Waals surface area contributed by atoms with Gasteiger partial charge in [-0.3, -0.25) is 0 Å². The van der Waals surface area contributed by atoms with Gasteiger partial charge < -0.3 is 14.4 Å². The first-order valence-electron chi connectivity index (χ1n) is 15.4. The van der Waals surface area contributed by atoms with Crippen LogP contribution in [-0.2, 0) is 31.9 Å². The van der Waals surface area contributed by atoms with Crippen molar-refractivity contribution in [2.45, 2.75) is 73.0 Å². The molecule has 2 aromatic carbocycles. The molecule has 6 heteroatoms. The average molecular weight is 790 g/mol. The van der Waals surface area contributed by atoms with E-state index in [2.05, 4.69) is 101 Å². The number of furan rings is 1. The van der Waals surface area contributed by atoms with Gasteiger partial charge in [0.1, 0.15) is 0 Å². The molecule has 0 atom stereocenters. The quantitative estimate of drug-likeness (QED) is 0.129. The van der Waals surface area contributed by atoms with E-state index in [1.165, 1.54) is 16.3 Å². The normalized spacial score (nSPS) is 11.8. The number of aryl methyl sites for hydroxylation is 1. The SMILES string of the molecule is CC(C)Cc1cc(-c2[c-]ccc(C(C)(C)C)c2)ncc1[Si](C)(C)C.Cc1ccc2c(n1)oc1c(-c3ccccn3)[c-]ccc12.[Ir]. The number of hydrogen-bond donors (Lipinski definition) is 0. The van der Waals surface area contributed by atoms with Crippen LogP contribution in [0.5, 0.6) is 0 Å². The summed E-state index contributed by atoms with van der Waals surface area (Å²) in [6.07, 6.45) is 5.03. The zero-order chi connectivity index (χ0) is 31.6. The van der Waals surface area contributed by atoms with Crippen LogP contribution >= 0.6 is 0 Å². The Labute approximate surface area is 283 Å². The van der Waals surface area contributed by atoms with E-state index in [-0.39, 0.29) is 25.5 Å². The minimum Gasteiger partial charge on any atom is -0.486 e. The summed E-state index contributed by atoms with van der Waals surface area (Å²) in [4.78, 5) is 13.6.